The van der Waals surface area contributed by atoms with Gasteiger partial charge in [-0.05, 0) is 24.3 Å². The van der Waals surface area contributed by atoms with Crippen molar-refractivity contribution in [2.75, 3.05) is 26.8 Å². The summed E-state index contributed by atoms with van der Waals surface area (Å²) in [4.78, 5) is 10.6. The first-order valence-electron chi connectivity index (χ1n) is 6.92. The standard InChI is InChI=1S/C16H17N3O5/c1-22-13-6-4-12(5-7-13)18-17-10-11-8-14(19(20)21)16(24-3)9-15(11)23-2/h4-10,18H,1-3H3/b17-10+. The Kier molecular flexibility index (Phi) is 5.56. The fourth-order valence-corrected chi connectivity index (χ4v) is 1.99. The van der Waals surface area contributed by atoms with Crippen molar-refractivity contribution in [1.29, 1.82) is 0 Å². The minimum absolute atomic E-state index is 0.122. The Morgan fingerprint density at radius 2 is 1.71 bits per heavy atom. The zero-order valence-corrected chi connectivity index (χ0v) is 13.5. The predicted molar refractivity (Wildman–Crippen MR) is 90.4 cm³/mol. The van der Waals surface area contributed by atoms with Crippen LogP contribution in [0.5, 0.6) is 17.2 Å². The fourth-order valence-electron chi connectivity index (χ4n) is 1.99. The molecule has 2 rings (SSSR count). The van der Waals surface area contributed by atoms with E-state index >= 15 is 0 Å². The van der Waals surface area contributed by atoms with Gasteiger partial charge in [-0.15, -0.1) is 0 Å². The molecule has 0 aliphatic heterocycles. The van der Waals surface area contributed by atoms with E-state index < -0.39 is 4.92 Å². The van der Waals surface area contributed by atoms with Crippen LogP contribution in [-0.4, -0.2) is 32.5 Å². The van der Waals surface area contributed by atoms with E-state index in [1.165, 1.54) is 32.6 Å². The van der Waals surface area contributed by atoms with Crippen molar-refractivity contribution >= 4 is 17.6 Å². The van der Waals surface area contributed by atoms with E-state index in [2.05, 4.69) is 10.5 Å². The molecule has 2 aromatic carbocycles. The molecule has 0 heterocycles. The SMILES string of the molecule is COc1ccc(N/N=C/c2cc([N+](=O)[O-])c(OC)cc2OC)cc1. The van der Waals surface area contributed by atoms with Gasteiger partial charge in [0.25, 0.3) is 0 Å². The molecule has 0 aromatic heterocycles. The molecular weight excluding hydrogens is 314 g/mol. The summed E-state index contributed by atoms with van der Waals surface area (Å²) >= 11 is 0. The maximum Gasteiger partial charge on any atom is 0.311 e. The molecule has 0 amide bonds. The highest BCUT2D eigenvalue weighted by Gasteiger charge is 2.18. The maximum atomic E-state index is 11.1. The second-order valence-corrected chi connectivity index (χ2v) is 4.62. The van der Waals surface area contributed by atoms with Crippen molar-refractivity contribution in [3.05, 3.63) is 52.1 Å². The Hall–Kier alpha value is -3.29. The van der Waals surface area contributed by atoms with E-state index in [1.54, 1.807) is 31.4 Å². The van der Waals surface area contributed by atoms with Gasteiger partial charge < -0.3 is 14.2 Å². The Morgan fingerprint density at radius 1 is 1.04 bits per heavy atom. The Labute approximate surface area is 138 Å². The minimum Gasteiger partial charge on any atom is -0.497 e. The van der Waals surface area contributed by atoms with Crippen molar-refractivity contribution in [2.45, 2.75) is 0 Å². The number of anilines is 1. The number of nitro groups is 1. The lowest BCUT2D eigenvalue weighted by molar-refractivity contribution is -0.385. The lowest BCUT2D eigenvalue weighted by Crippen LogP contribution is -1.99. The van der Waals surface area contributed by atoms with Crippen LogP contribution >= 0.6 is 0 Å². The minimum atomic E-state index is -0.521. The number of nitrogens with one attached hydrogen (secondary N) is 1. The zero-order valence-electron chi connectivity index (χ0n) is 13.5. The first-order valence-corrected chi connectivity index (χ1v) is 6.92. The summed E-state index contributed by atoms with van der Waals surface area (Å²) in [7, 11) is 4.42. The van der Waals surface area contributed by atoms with E-state index in [0.29, 0.717) is 11.3 Å². The van der Waals surface area contributed by atoms with Crippen molar-refractivity contribution < 1.29 is 19.1 Å². The van der Waals surface area contributed by atoms with Crippen molar-refractivity contribution in [1.82, 2.24) is 0 Å². The number of hydrogen-bond acceptors (Lipinski definition) is 7. The highest BCUT2D eigenvalue weighted by molar-refractivity contribution is 5.86. The molecule has 24 heavy (non-hydrogen) atoms. The lowest BCUT2D eigenvalue weighted by atomic mass is 10.1. The monoisotopic (exact) mass is 331 g/mol. The number of hydrazone groups is 1. The number of methoxy groups -OCH3 is 3. The Balaban J connectivity index is 2.23. The lowest BCUT2D eigenvalue weighted by Gasteiger charge is -2.08. The molecule has 0 fully saturated rings. The number of benzene rings is 2. The Bertz CT molecular complexity index is 744. The van der Waals surface area contributed by atoms with Crippen LogP contribution in [0.2, 0.25) is 0 Å². The van der Waals surface area contributed by atoms with E-state index in [0.717, 1.165) is 11.4 Å². The van der Waals surface area contributed by atoms with Crippen molar-refractivity contribution in [3.8, 4) is 17.2 Å². The highest BCUT2D eigenvalue weighted by atomic mass is 16.6. The predicted octanol–water partition coefficient (Wildman–Crippen LogP) is 3.07. The van der Waals surface area contributed by atoms with Crippen LogP contribution in [0, 0.1) is 10.1 Å². The largest absolute Gasteiger partial charge is 0.497 e. The highest BCUT2D eigenvalue weighted by Crippen LogP contribution is 2.33. The second kappa shape index (κ2) is 7.82. The number of ether oxygens (including phenoxy) is 3. The Morgan fingerprint density at radius 3 is 2.25 bits per heavy atom. The van der Waals surface area contributed by atoms with Crippen LogP contribution in [-0.2, 0) is 0 Å². The van der Waals surface area contributed by atoms with Gasteiger partial charge in [0.2, 0.25) is 5.75 Å². The molecule has 0 unspecified atom stereocenters. The second-order valence-electron chi connectivity index (χ2n) is 4.62. The third-order valence-electron chi connectivity index (χ3n) is 3.22. The van der Waals surface area contributed by atoms with Gasteiger partial charge in [0.05, 0.1) is 38.2 Å². The smallest absolute Gasteiger partial charge is 0.311 e. The summed E-state index contributed by atoms with van der Waals surface area (Å²) in [5, 5.41) is 15.2. The molecule has 1 N–H and O–H groups in total. The van der Waals surface area contributed by atoms with Gasteiger partial charge in [-0.1, -0.05) is 0 Å². The topological polar surface area (TPSA) is 95.2 Å². The van der Waals surface area contributed by atoms with Crippen LogP contribution in [0.15, 0.2) is 41.5 Å². The molecule has 0 aliphatic rings. The van der Waals surface area contributed by atoms with Gasteiger partial charge in [-0.2, -0.15) is 5.10 Å². The van der Waals surface area contributed by atoms with E-state index in [9.17, 15) is 10.1 Å². The van der Waals surface area contributed by atoms with Crippen LogP contribution in [0.1, 0.15) is 5.56 Å². The van der Waals surface area contributed by atoms with Gasteiger partial charge >= 0.3 is 5.69 Å². The summed E-state index contributed by atoms with van der Waals surface area (Å²) in [6.07, 6.45) is 1.44. The first kappa shape index (κ1) is 17.1. The molecule has 0 saturated heterocycles. The third-order valence-corrected chi connectivity index (χ3v) is 3.22. The summed E-state index contributed by atoms with van der Waals surface area (Å²) in [6, 6.07) is 9.96. The summed E-state index contributed by atoms with van der Waals surface area (Å²) in [5.41, 5.74) is 3.86. The normalized spacial score (nSPS) is 10.5. The quantitative estimate of drug-likeness (QED) is 0.476. The van der Waals surface area contributed by atoms with Gasteiger partial charge in [-0.25, -0.2) is 0 Å². The summed E-state index contributed by atoms with van der Waals surface area (Å²) in [6.45, 7) is 0. The molecule has 0 aliphatic carbocycles. The van der Waals surface area contributed by atoms with E-state index in [1.807, 2.05) is 0 Å². The van der Waals surface area contributed by atoms with Crippen LogP contribution in [0.4, 0.5) is 11.4 Å². The maximum absolute atomic E-state index is 11.1. The molecule has 0 bridgehead atoms. The molecule has 0 radical (unpaired) electrons. The third kappa shape index (κ3) is 3.92. The van der Waals surface area contributed by atoms with Crippen molar-refractivity contribution in [2.24, 2.45) is 5.10 Å². The van der Waals surface area contributed by atoms with E-state index in [4.69, 9.17) is 14.2 Å². The molecule has 126 valence electrons. The van der Waals surface area contributed by atoms with Gasteiger partial charge in [0.1, 0.15) is 11.5 Å². The number of nitrogens with zero attached hydrogens (tertiary/aromatic N) is 2. The molecule has 8 heteroatoms. The molecule has 0 spiro atoms. The van der Waals surface area contributed by atoms with E-state index in [-0.39, 0.29) is 11.4 Å². The molecule has 8 nitrogen and oxygen atoms in total. The van der Waals surface area contributed by atoms with Gasteiger partial charge in [-0.3, -0.25) is 15.5 Å². The summed E-state index contributed by atoms with van der Waals surface area (Å²) in [5.74, 6) is 1.27. The van der Waals surface area contributed by atoms with Crippen molar-refractivity contribution in [3.63, 3.8) is 0 Å². The molecule has 2 aromatic rings. The van der Waals surface area contributed by atoms with Gasteiger partial charge in [0, 0.05) is 17.7 Å². The fraction of sp³-hybridized carbons (Fsp3) is 0.188. The number of rotatable bonds is 7. The average Bonchev–Trinajstić information content (AvgIpc) is 2.61. The molecule has 0 atom stereocenters. The summed E-state index contributed by atoms with van der Waals surface area (Å²) < 4.78 is 15.3. The number of hydrogen-bond donors (Lipinski definition) is 1. The molecular formula is C16H17N3O5. The van der Waals surface area contributed by atoms with Crippen LogP contribution < -0.4 is 19.6 Å². The molecule has 0 saturated carbocycles. The average molecular weight is 331 g/mol. The number of nitro benzene ring substituents is 1. The first-order chi connectivity index (χ1) is 11.6. The van der Waals surface area contributed by atoms with Gasteiger partial charge in [0.15, 0.2) is 0 Å². The van der Waals surface area contributed by atoms with Crippen LogP contribution in [0.25, 0.3) is 0 Å². The van der Waals surface area contributed by atoms with Crippen LogP contribution in [0.3, 0.4) is 0 Å². The zero-order chi connectivity index (χ0) is 17.5.